The molecule has 3 rings (SSSR count). The Morgan fingerprint density at radius 3 is 2.86 bits per heavy atom. The van der Waals surface area contributed by atoms with Gasteiger partial charge in [0.25, 0.3) is 0 Å². The molecular weight excluding hydrogens is 174 g/mol. The van der Waals surface area contributed by atoms with Gasteiger partial charge >= 0.3 is 0 Å². The summed E-state index contributed by atoms with van der Waals surface area (Å²) in [4.78, 5) is 2.47. The summed E-state index contributed by atoms with van der Waals surface area (Å²) >= 11 is 0. The highest BCUT2D eigenvalue weighted by molar-refractivity contribution is 5.12. The van der Waals surface area contributed by atoms with Crippen LogP contribution in [0, 0.1) is 17.8 Å². The number of nitrogens with zero attached hydrogens (tertiary/aromatic N) is 1. The van der Waals surface area contributed by atoms with Crippen molar-refractivity contribution in [3.05, 3.63) is 12.7 Å². The molecule has 1 heterocycles. The first kappa shape index (κ1) is 8.93. The van der Waals surface area contributed by atoms with Gasteiger partial charge in [-0.25, -0.2) is 0 Å². The monoisotopic (exact) mass is 193 g/mol. The Morgan fingerprint density at radius 1 is 1.43 bits per heavy atom. The summed E-state index contributed by atoms with van der Waals surface area (Å²) < 4.78 is 0. The van der Waals surface area contributed by atoms with E-state index in [9.17, 15) is 5.11 Å². The highest BCUT2D eigenvalue weighted by atomic mass is 16.3. The molecule has 2 aliphatic carbocycles. The predicted octanol–water partition coefficient (Wildman–Crippen LogP) is 1.26. The van der Waals surface area contributed by atoms with E-state index in [2.05, 4.69) is 18.4 Å². The summed E-state index contributed by atoms with van der Waals surface area (Å²) in [6, 6.07) is 0.880. The van der Waals surface area contributed by atoms with Crippen molar-refractivity contribution in [2.75, 3.05) is 6.54 Å². The Kier molecular flexibility index (Phi) is 1.80. The van der Waals surface area contributed by atoms with Gasteiger partial charge in [0.1, 0.15) is 0 Å². The zero-order chi connectivity index (χ0) is 9.87. The number of fused-ring (bicyclic) bond motifs is 1. The van der Waals surface area contributed by atoms with Crippen LogP contribution < -0.4 is 0 Å². The maximum Gasteiger partial charge on any atom is 0.0726 e. The SMILES string of the molecule is C=CC(C)N1CC2CC3CC2C1C3O. The Morgan fingerprint density at radius 2 is 2.21 bits per heavy atom. The van der Waals surface area contributed by atoms with E-state index < -0.39 is 0 Å². The van der Waals surface area contributed by atoms with Crippen molar-refractivity contribution in [3.8, 4) is 0 Å². The van der Waals surface area contributed by atoms with Crippen LogP contribution >= 0.6 is 0 Å². The summed E-state index contributed by atoms with van der Waals surface area (Å²) in [5.41, 5.74) is 0. The summed E-state index contributed by atoms with van der Waals surface area (Å²) in [5.74, 6) is 2.27. The molecule has 14 heavy (non-hydrogen) atoms. The van der Waals surface area contributed by atoms with Crippen LogP contribution in [-0.2, 0) is 0 Å². The summed E-state index contributed by atoms with van der Waals surface area (Å²) in [7, 11) is 0. The molecule has 6 unspecified atom stereocenters. The van der Waals surface area contributed by atoms with Crippen LogP contribution in [0.2, 0.25) is 0 Å². The van der Waals surface area contributed by atoms with Crippen LogP contribution in [0.25, 0.3) is 0 Å². The quantitative estimate of drug-likeness (QED) is 0.667. The minimum atomic E-state index is -0.0545. The fourth-order valence-corrected chi connectivity index (χ4v) is 4.05. The smallest absolute Gasteiger partial charge is 0.0726 e. The van der Waals surface area contributed by atoms with E-state index in [4.69, 9.17) is 0 Å². The molecule has 1 N–H and O–H groups in total. The second-order valence-electron chi connectivity index (χ2n) is 5.31. The Balaban J connectivity index is 1.88. The highest BCUT2D eigenvalue weighted by Crippen LogP contribution is 2.55. The van der Waals surface area contributed by atoms with Gasteiger partial charge in [-0.3, -0.25) is 4.90 Å². The molecule has 0 aromatic rings. The largest absolute Gasteiger partial charge is 0.391 e. The van der Waals surface area contributed by atoms with Crippen molar-refractivity contribution in [2.45, 2.75) is 38.0 Å². The molecule has 2 nitrogen and oxygen atoms in total. The van der Waals surface area contributed by atoms with E-state index >= 15 is 0 Å². The molecule has 2 bridgehead atoms. The maximum absolute atomic E-state index is 10.1. The van der Waals surface area contributed by atoms with Crippen LogP contribution in [0.5, 0.6) is 0 Å². The summed E-state index contributed by atoms with van der Waals surface area (Å²) in [5, 5.41) is 10.1. The molecule has 78 valence electrons. The van der Waals surface area contributed by atoms with Crippen LogP contribution in [-0.4, -0.2) is 34.7 Å². The topological polar surface area (TPSA) is 23.5 Å². The molecule has 0 aromatic carbocycles. The standard InChI is InChI=1S/C12H19NO/c1-3-7(2)13-6-9-4-8-5-10(9)11(13)12(8)14/h3,7-12,14H,1,4-6H2,2H3. The first-order valence-electron chi connectivity index (χ1n) is 5.78. The lowest BCUT2D eigenvalue weighted by Gasteiger charge is -2.31. The van der Waals surface area contributed by atoms with Crippen molar-refractivity contribution in [1.29, 1.82) is 0 Å². The van der Waals surface area contributed by atoms with E-state index in [1.54, 1.807) is 0 Å². The van der Waals surface area contributed by atoms with Crippen molar-refractivity contribution >= 4 is 0 Å². The van der Waals surface area contributed by atoms with E-state index in [-0.39, 0.29) is 6.10 Å². The average Bonchev–Trinajstić information content (AvgIpc) is 2.75. The zero-order valence-corrected chi connectivity index (χ0v) is 8.76. The van der Waals surface area contributed by atoms with Crippen molar-refractivity contribution in [3.63, 3.8) is 0 Å². The molecule has 2 saturated carbocycles. The first-order chi connectivity index (χ1) is 6.72. The van der Waals surface area contributed by atoms with Gasteiger partial charge in [-0.2, -0.15) is 0 Å². The number of hydrogen-bond donors (Lipinski definition) is 1. The van der Waals surface area contributed by atoms with Gasteiger partial charge in [0.05, 0.1) is 6.10 Å². The second kappa shape index (κ2) is 2.83. The fraction of sp³-hybridized carbons (Fsp3) is 0.833. The van der Waals surface area contributed by atoms with E-state index in [1.165, 1.54) is 19.4 Å². The molecule has 6 atom stereocenters. The third kappa shape index (κ3) is 0.934. The number of aliphatic hydroxyl groups excluding tert-OH is 1. The van der Waals surface area contributed by atoms with E-state index in [1.807, 2.05) is 6.08 Å². The minimum Gasteiger partial charge on any atom is -0.391 e. The Labute approximate surface area is 85.6 Å². The van der Waals surface area contributed by atoms with Gasteiger partial charge < -0.3 is 5.11 Å². The molecule has 0 amide bonds. The van der Waals surface area contributed by atoms with Gasteiger partial charge in [0.2, 0.25) is 0 Å². The van der Waals surface area contributed by atoms with Crippen LogP contribution in [0.1, 0.15) is 19.8 Å². The molecular formula is C12H19NO. The van der Waals surface area contributed by atoms with E-state index in [0.717, 1.165) is 11.8 Å². The maximum atomic E-state index is 10.1. The average molecular weight is 193 g/mol. The Bertz CT molecular complexity index is 263. The van der Waals surface area contributed by atoms with Gasteiger partial charge in [-0.05, 0) is 37.5 Å². The molecule has 3 aliphatic rings. The lowest BCUT2D eigenvalue weighted by atomic mass is 9.88. The van der Waals surface area contributed by atoms with Crippen molar-refractivity contribution in [2.24, 2.45) is 17.8 Å². The van der Waals surface area contributed by atoms with Gasteiger partial charge in [0.15, 0.2) is 0 Å². The van der Waals surface area contributed by atoms with Gasteiger partial charge in [-0.1, -0.05) is 6.08 Å². The van der Waals surface area contributed by atoms with Crippen molar-refractivity contribution < 1.29 is 5.11 Å². The number of rotatable bonds is 2. The Hall–Kier alpha value is -0.340. The van der Waals surface area contributed by atoms with Gasteiger partial charge in [-0.15, -0.1) is 6.58 Å². The fourth-order valence-electron chi connectivity index (χ4n) is 4.05. The third-order valence-electron chi connectivity index (χ3n) is 4.75. The first-order valence-corrected chi connectivity index (χ1v) is 5.78. The molecule has 1 saturated heterocycles. The summed E-state index contributed by atoms with van der Waals surface area (Å²) in [6.07, 6.45) is 4.49. The lowest BCUT2D eigenvalue weighted by molar-refractivity contribution is 0.0443. The van der Waals surface area contributed by atoms with Crippen molar-refractivity contribution in [1.82, 2.24) is 4.90 Å². The number of hydrogen-bond acceptors (Lipinski definition) is 2. The molecule has 0 spiro atoms. The number of aliphatic hydroxyl groups is 1. The normalized spacial score (nSPS) is 52.6. The molecule has 0 radical (unpaired) electrons. The van der Waals surface area contributed by atoms with Crippen LogP contribution in [0.3, 0.4) is 0 Å². The second-order valence-corrected chi connectivity index (χ2v) is 5.31. The molecule has 2 heteroatoms. The minimum absolute atomic E-state index is 0.0545. The van der Waals surface area contributed by atoms with Crippen LogP contribution in [0.4, 0.5) is 0 Å². The third-order valence-corrected chi connectivity index (χ3v) is 4.75. The van der Waals surface area contributed by atoms with Gasteiger partial charge in [0, 0.05) is 18.6 Å². The molecule has 0 aromatic heterocycles. The summed E-state index contributed by atoms with van der Waals surface area (Å²) in [6.45, 7) is 7.24. The number of likely N-dealkylation sites (tertiary alicyclic amines) is 1. The zero-order valence-electron chi connectivity index (χ0n) is 8.76. The highest BCUT2D eigenvalue weighted by Gasteiger charge is 2.59. The lowest BCUT2D eigenvalue weighted by Crippen LogP contribution is -2.44. The van der Waals surface area contributed by atoms with Crippen LogP contribution in [0.15, 0.2) is 12.7 Å². The molecule has 3 fully saturated rings. The molecule has 1 aliphatic heterocycles. The predicted molar refractivity (Wildman–Crippen MR) is 55.9 cm³/mol. The van der Waals surface area contributed by atoms with E-state index in [0.29, 0.717) is 18.0 Å².